The van der Waals surface area contributed by atoms with E-state index in [0.717, 1.165) is 43.5 Å². The molecule has 1 aromatic heterocycles. The molecule has 0 aliphatic carbocycles. The van der Waals surface area contributed by atoms with Gasteiger partial charge in [0.2, 0.25) is 0 Å². The van der Waals surface area contributed by atoms with E-state index in [1.807, 2.05) is 6.20 Å². The van der Waals surface area contributed by atoms with Crippen LogP contribution >= 0.6 is 0 Å². The van der Waals surface area contributed by atoms with Crippen LogP contribution in [0.5, 0.6) is 0 Å². The third kappa shape index (κ3) is 3.78. The van der Waals surface area contributed by atoms with Crippen molar-refractivity contribution in [3.8, 4) is 0 Å². The molecule has 1 fully saturated rings. The van der Waals surface area contributed by atoms with Gasteiger partial charge in [0.1, 0.15) is 5.82 Å². The van der Waals surface area contributed by atoms with Crippen molar-refractivity contribution in [2.24, 2.45) is 0 Å². The van der Waals surface area contributed by atoms with Gasteiger partial charge in [-0.1, -0.05) is 19.1 Å². The normalized spacial score (nSPS) is 18.0. The van der Waals surface area contributed by atoms with Crippen LogP contribution in [0.15, 0.2) is 36.5 Å². The van der Waals surface area contributed by atoms with E-state index in [-0.39, 0.29) is 0 Å². The number of aromatic nitrogens is 1. The third-order valence-electron chi connectivity index (χ3n) is 5.17. The maximum atomic E-state index is 4.49. The van der Waals surface area contributed by atoms with Gasteiger partial charge in [-0.05, 0) is 56.2 Å². The van der Waals surface area contributed by atoms with E-state index in [1.54, 1.807) is 0 Å². The summed E-state index contributed by atoms with van der Waals surface area (Å²) < 4.78 is 0. The molecule has 5 nitrogen and oxygen atoms in total. The first-order valence-corrected chi connectivity index (χ1v) is 9.34. The topological polar surface area (TPSA) is 43.4 Å². The molecular formula is C20H27N5. The van der Waals surface area contributed by atoms with Crippen LogP contribution in [0.3, 0.4) is 0 Å². The summed E-state index contributed by atoms with van der Waals surface area (Å²) in [4.78, 5) is 9.40. The molecule has 2 N–H and O–H groups in total. The van der Waals surface area contributed by atoms with Crippen LogP contribution in [0.25, 0.3) is 0 Å². The Kier molecular flexibility index (Phi) is 4.85. The highest BCUT2D eigenvalue weighted by Crippen LogP contribution is 2.29. The Hall–Kier alpha value is -2.11. The summed E-state index contributed by atoms with van der Waals surface area (Å²) in [6.07, 6.45) is 4.55. The van der Waals surface area contributed by atoms with Crippen molar-refractivity contribution >= 4 is 17.2 Å². The third-order valence-corrected chi connectivity index (χ3v) is 5.17. The number of pyridine rings is 1. The van der Waals surface area contributed by atoms with Gasteiger partial charge in [-0.2, -0.15) is 0 Å². The summed E-state index contributed by atoms with van der Waals surface area (Å²) in [5, 5.41) is 7.03. The first-order valence-electron chi connectivity index (χ1n) is 9.34. The molecule has 0 saturated carbocycles. The summed E-state index contributed by atoms with van der Waals surface area (Å²) >= 11 is 0. The lowest BCUT2D eigenvalue weighted by atomic mass is 10.1. The molecule has 4 rings (SSSR count). The Bertz CT molecular complexity index is 724. The van der Waals surface area contributed by atoms with Gasteiger partial charge >= 0.3 is 0 Å². The molecule has 2 aromatic rings. The molecule has 1 aromatic carbocycles. The quantitative estimate of drug-likeness (QED) is 0.872. The standard InChI is InChI=1S/C20H27N5/c1-2-24-14-18-19(8-9-21-20(18)22-15-24)23-17-7-5-6-16(12-17)13-25-10-3-4-11-25/h5-9,12H,2-4,10-11,13-15H2,1H3,(H2,21,22,23). The number of nitrogens with one attached hydrogen (secondary N) is 2. The first-order chi connectivity index (χ1) is 12.3. The molecule has 132 valence electrons. The molecule has 2 aliphatic heterocycles. The van der Waals surface area contributed by atoms with Crippen molar-refractivity contribution in [2.75, 3.05) is 36.9 Å². The Morgan fingerprint density at radius 2 is 2.04 bits per heavy atom. The van der Waals surface area contributed by atoms with Gasteiger partial charge in [-0.25, -0.2) is 4.98 Å². The van der Waals surface area contributed by atoms with Crippen molar-refractivity contribution in [3.63, 3.8) is 0 Å². The number of likely N-dealkylation sites (tertiary alicyclic amines) is 1. The number of fused-ring (bicyclic) bond motifs is 1. The van der Waals surface area contributed by atoms with Crippen molar-refractivity contribution in [1.29, 1.82) is 0 Å². The summed E-state index contributed by atoms with van der Waals surface area (Å²) in [6, 6.07) is 10.9. The minimum atomic E-state index is 0.866. The van der Waals surface area contributed by atoms with Crippen LogP contribution in [-0.2, 0) is 13.1 Å². The van der Waals surface area contributed by atoms with E-state index >= 15 is 0 Å². The van der Waals surface area contributed by atoms with E-state index in [0.29, 0.717) is 0 Å². The number of hydrogen-bond acceptors (Lipinski definition) is 5. The number of hydrogen-bond donors (Lipinski definition) is 2. The summed E-state index contributed by atoms with van der Waals surface area (Å²) in [7, 11) is 0. The molecular weight excluding hydrogens is 310 g/mol. The van der Waals surface area contributed by atoms with E-state index < -0.39 is 0 Å². The average Bonchev–Trinajstić information content (AvgIpc) is 3.15. The molecule has 0 bridgehead atoms. The van der Waals surface area contributed by atoms with E-state index in [4.69, 9.17) is 0 Å². The van der Waals surface area contributed by atoms with Crippen molar-refractivity contribution < 1.29 is 0 Å². The van der Waals surface area contributed by atoms with Gasteiger partial charge in [0.15, 0.2) is 0 Å². The van der Waals surface area contributed by atoms with Crippen LogP contribution in [0.1, 0.15) is 30.9 Å². The van der Waals surface area contributed by atoms with Gasteiger partial charge in [0, 0.05) is 36.2 Å². The van der Waals surface area contributed by atoms with Gasteiger partial charge in [-0.3, -0.25) is 9.80 Å². The number of nitrogens with zero attached hydrogens (tertiary/aromatic N) is 3. The van der Waals surface area contributed by atoms with E-state index in [9.17, 15) is 0 Å². The first kappa shape index (κ1) is 16.4. The van der Waals surface area contributed by atoms with E-state index in [1.165, 1.54) is 37.1 Å². The molecule has 0 radical (unpaired) electrons. The zero-order valence-corrected chi connectivity index (χ0v) is 15.0. The Morgan fingerprint density at radius 1 is 1.16 bits per heavy atom. The largest absolute Gasteiger partial charge is 0.357 e. The lowest BCUT2D eigenvalue weighted by Gasteiger charge is -2.29. The van der Waals surface area contributed by atoms with Crippen LogP contribution < -0.4 is 10.6 Å². The number of benzene rings is 1. The molecule has 1 saturated heterocycles. The fraction of sp³-hybridized carbons (Fsp3) is 0.450. The Balaban J connectivity index is 1.52. The molecule has 3 heterocycles. The minimum absolute atomic E-state index is 0.866. The molecule has 0 unspecified atom stereocenters. The highest BCUT2D eigenvalue weighted by atomic mass is 15.3. The van der Waals surface area contributed by atoms with Gasteiger partial charge in [0.05, 0.1) is 6.67 Å². The average molecular weight is 337 g/mol. The molecule has 0 spiro atoms. The summed E-state index contributed by atoms with van der Waals surface area (Å²) in [5.74, 6) is 1.00. The molecule has 2 aliphatic rings. The van der Waals surface area contributed by atoms with Gasteiger partial charge < -0.3 is 10.6 Å². The second-order valence-electron chi connectivity index (χ2n) is 6.97. The van der Waals surface area contributed by atoms with Gasteiger partial charge in [-0.15, -0.1) is 0 Å². The molecule has 25 heavy (non-hydrogen) atoms. The zero-order valence-electron chi connectivity index (χ0n) is 15.0. The number of anilines is 3. The SMILES string of the molecule is CCN1CNc2nccc(Nc3cccc(CN4CCCC4)c3)c2C1. The van der Waals surface area contributed by atoms with Crippen LogP contribution in [0.2, 0.25) is 0 Å². The molecule has 0 atom stereocenters. The van der Waals surface area contributed by atoms with Crippen LogP contribution in [-0.4, -0.2) is 41.1 Å². The highest BCUT2D eigenvalue weighted by Gasteiger charge is 2.18. The smallest absolute Gasteiger partial charge is 0.133 e. The predicted octanol–water partition coefficient (Wildman–Crippen LogP) is 3.63. The van der Waals surface area contributed by atoms with Crippen molar-refractivity contribution in [3.05, 3.63) is 47.7 Å². The lowest BCUT2D eigenvalue weighted by Crippen LogP contribution is -2.34. The van der Waals surface area contributed by atoms with Gasteiger partial charge in [0.25, 0.3) is 0 Å². The second-order valence-corrected chi connectivity index (χ2v) is 6.97. The fourth-order valence-electron chi connectivity index (χ4n) is 3.71. The van der Waals surface area contributed by atoms with Crippen molar-refractivity contribution in [2.45, 2.75) is 32.9 Å². The van der Waals surface area contributed by atoms with Crippen LogP contribution in [0, 0.1) is 0 Å². The Labute approximate surface area is 150 Å². The highest BCUT2D eigenvalue weighted by molar-refractivity contribution is 5.69. The molecule has 5 heteroatoms. The molecule has 0 amide bonds. The predicted molar refractivity (Wildman–Crippen MR) is 103 cm³/mol. The monoisotopic (exact) mass is 337 g/mol. The fourth-order valence-corrected chi connectivity index (χ4v) is 3.71. The lowest BCUT2D eigenvalue weighted by molar-refractivity contribution is 0.291. The maximum Gasteiger partial charge on any atom is 0.133 e. The minimum Gasteiger partial charge on any atom is -0.357 e. The zero-order chi connectivity index (χ0) is 17.1. The second kappa shape index (κ2) is 7.42. The summed E-state index contributed by atoms with van der Waals surface area (Å²) in [6.45, 7) is 8.54. The number of rotatable bonds is 5. The van der Waals surface area contributed by atoms with E-state index in [2.05, 4.69) is 62.7 Å². The summed E-state index contributed by atoms with van der Waals surface area (Å²) in [5.41, 5.74) is 4.93. The maximum absolute atomic E-state index is 4.49. The van der Waals surface area contributed by atoms with Crippen molar-refractivity contribution in [1.82, 2.24) is 14.8 Å². The Morgan fingerprint density at radius 3 is 2.88 bits per heavy atom. The van der Waals surface area contributed by atoms with Crippen LogP contribution in [0.4, 0.5) is 17.2 Å².